The van der Waals surface area contributed by atoms with Gasteiger partial charge in [0.25, 0.3) is 0 Å². The fourth-order valence-corrected chi connectivity index (χ4v) is 2.36. The summed E-state index contributed by atoms with van der Waals surface area (Å²) in [7, 11) is 0. The zero-order valence-corrected chi connectivity index (χ0v) is 11.3. The van der Waals surface area contributed by atoms with E-state index >= 15 is 0 Å². The summed E-state index contributed by atoms with van der Waals surface area (Å²) in [6, 6.07) is 24.0. The van der Waals surface area contributed by atoms with Crippen molar-refractivity contribution in [2.75, 3.05) is 0 Å². The molecule has 0 heterocycles. The first-order chi connectivity index (χ1) is 8.81. The Kier molecular flexibility index (Phi) is 3.98. The van der Waals surface area contributed by atoms with Crippen LogP contribution in [0.2, 0.25) is 0 Å². The summed E-state index contributed by atoms with van der Waals surface area (Å²) in [5.74, 6) is 0. The van der Waals surface area contributed by atoms with Crippen LogP contribution in [-0.4, -0.2) is 0 Å². The quantitative estimate of drug-likeness (QED) is 0.688. The molecular weight excluding hydrogens is 230 g/mol. The van der Waals surface area contributed by atoms with Gasteiger partial charge in [-0.15, -0.1) is 0 Å². The maximum Gasteiger partial charge on any atom is -0.00256 e. The summed E-state index contributed by atoms with van der Waals surface area (Å²) in [5.41, 5.74) is 4.06. The lowest BCUT2D eigenvalue weighted by Gasteiger charge is -2.05. The minimum Gasteiger partial charge on any atom is -0.344 e. The van der Waals surface area contributed by atoms with Crippen LogP contribution in [0.25, 0.3) is 10.8 Å². The van der Waals surface area contributed by atoms with Gasteiger partial charge in [0.05, 0.1) is 0 Å². The van der Waals surface area contributed by atoms with E-state index in [1.54, 1.807) is 0 Å². The van der Waals surface area contributed by atoms with Crippen LogP contribution in [0.4, 0.5) is 0 Å². The van der Waals surface area contributed by atoms with Gasteiger partial charge in [0, 0.05) is 0 Å². The molecule has 0 unspecified atom stereocenters. The number of benzene rings is 3. The molecule has 0 aliphatic carbocycles. The van der Waals surface area contributed by atoms with E-state index < -0.39 is 0 Å². The molecule has 0 bridgehead atoms. The first-order valence-electron chi connectivity index (χ1n) is 6.34. The predicted octanol–water partition coefficient (Wildman–Crippen LogP) is 4.90. The SMILES string of the molecule is Cc1ccc2cc(Cc3ccccc3)ccc2c1.N. The zero-order valence-electron chi connectivity index (χ0n) is 11.3. The van der Waals surface area contributed by atoms with Gasteiger partial charge in [0.15, 0.2) is 0 Å². The number of hydrogen-bond donors (Lipinski definition) is 1. The summed E-state index contributed by atoms with van der Waals surface area (Å²) < 4.78 is 0. The molecule has 0 aromatic heterocycles. The van der Waals surface area contributed by atoms with Gasteiger partial charge in [-0.05, 0) is 35.2 Å². The number of rotatable bonds is 2. The van der Waals surface area contributed by atoms with Crippen LogP contribution >= 0.6 is 0 Å². The molecule has 0 spiro atoms. The second-order valence-corrected chi connectivity index (χ2v) is 4.85. The molecule has 0 saturated heterocycles. The molecule has 0 aliphatic heterocycles. The van der Waals surface area contributed by atoms with Crippen LogP contribution in [0, 0.1) is 6.92 Å². The van der Waals surface area contributed by atoms with Gasteiger partial charge < -0.3 is 6.15 Å². The topological polar surface area (TPSA) is 35.0 Å². The Labute approximate surface area is 114 Å². The molecule has 0 atom stereocenters. The van der Waals surface area contributed by atoms with Crippen molar-refractivity contribution in [2.45, 2.75) is 13.3 Å². The molecule has 1 heteroatoms. The molecule has 96 valence electrons. The molecule has 0 amide bonds. The Morgan fingerprint density at radius 1 is 0.684 bits per heavy atom. The average molecular weight is 249 g/mol. The summed E-state index contributed by atoms with van der Waals surface area (Å²) in [5, 5.41) is 2.65. The third kappa shape index (κ3) is 3.01. The van der Waals surface area contributed by atoms with Crippen molar-refractivity contribution in [2.24, 2.45) is 0 Å². The summed E-state index contributed by atoms with van der Waals surface area (Å²) in [6.45, 7) is 2.14. The molecule has 0 saturated carbocycles. The van der Waals surface area contributed by atoms with E-state index in [1.165, 1.54) is 27.5 Å². The van der Waals surface area contributed by atoms with Crippen molar-refractivity contribution in [3.8, 4) is 0 Å². The Morgan fingerprint density at radius 3 is 2.16 bits per heavy atom. The Bertz CT molecular complexity index is 672. The summed E-state index contributed by atoms with van der Waals surface area (Å²) >= 11 is 0. The minimum atomic E-state index is 0. The molecule has 0 fully saturated rings. The highest BCUT2D eigenvalue weighted by atomic mass is 14.0. The summed E-state index contributed by atoms with van der Waals surface area (Å²) in [6.07, 6.45) is 1.00. The lowest BCUT2D eigenvalue weighted by atomic mass is 10.0. The van der Waals surface area contributed by atoms with E-state index in [4.69, 9.17) is 0 Å². The summed E-state index contributed by atoms with van der Waals surface area (Å²) in [4.78, 5) is 0. The van der Waals surface area contributed by atoms with Crippen molar-refractivity contribution >= 4 is 10.8 Å². The van der Waals surface area contributed by atoms with Crippen molar-refractivity contribution in [1.29, 1.82) is 0 Å². The molecule has 3 aromatic carbocycles. The fourth-order valence-electron chi connectivity index (χ4n) is 2.36. The molecule has 3 N–H and O–H groups in total. The maximum atomic E-state index is 2.29. The van der Waals surface area contributed by atoms with Crippen LogP contribution in [0.15, 0.2) is 66.7 Å². The lowest BCUT2D eigenvalue weighted by Crippen LogP contribution is -1.87. The molecule has 3 aromatic rings. The second kappa shape index (κ2) is 5.68. The Hall–Kier alpha value is -2.12. The van der Waals surface area contributed by atoms with Gasteiger partial charge in [-0.25, -0.2) is 0 Å². The van der Waals surface area contributed by atoms with Crippen LogP contribution in [0.5, 0.6) is 0 Å². The third-order valence-corrected chi connectivity index (χ3v) is 3.31. The second-order valence-electron chi connectivity index (χ2n) is 4.85. The van der Waals surface area contributed by atoms with Crippen molar-refractivity contribution in [3.63, 3.8) is 0 Å². The van der Waals surface area contributed by atoms with Gasteiger partial charge >= 0.3 is 0 Å². The van der Waals surface area contributed by atoms with E-state index in [9.17, 15) is 0 Å². The Balaban J connectivity index is 0.00000133. The van der Waals surface area contributed by atoms with Crippen LogP contribution in [0.3, 0.4) is 0 Å². The van der Waals surface area contributed by atoms with E-state index in [1.807, 2.05) is 0 Å². The number of hydrogen-bond acceptors (Lipinski definition) is 1. The monoisotopic (exact) mass is 249 g/mol. The van der Waals surface area contributed by atoms with Gasteiger partial charge in [-0.1, -0.05) is 72.3 Å². The lowest BCUT2D eigenvalue weighted by molar-refractivity contribution is 1.20. The molecule has 3 rings (SSSR count). The van der Waals surface area contributed by atoms with Gasteiger partial charge in [-0.2, -0.15) is 0 Å². The predicted molar refractivity (Wildman–Crippen MR) is 83.0 cm³/mol. The molecule has 0 aliphatic rings. The van der Waals surface area contributed by atoms with Crippen molar-refractivity contribution in [1.82, 2.24) is 6.15 Å². The average Bonchev–Trinajstić information content (AvgIpc) is 2.40. The number of aryl methyl sites for hydroxylation is 1. The highest BCUT2D eigenvalue weighted by Crippen LogP contribution is 2.19. The fraction of sp³-hybridized carbons (Fsp3) is 0.111. The van der Waals surface area contributed by atoms with Gasteiger partial charge in [0.1, 0.15) is 0 Å². The first-order valence-corrected chi connectivity index (χ1v) is 6.34. The van der Waals surface area contributed by atoms with Crippen LogP contribution in [-0.2, 0) is 6.42 Å². The van der Waals surface area contributed by atoms with Crippen molar-refractivity contribution in [3.05, 3.63) is 83.4 Å². The molecule has 0 radical (unpaired) electrons. The Morgan fingerprint density at radius 2 is 1.37 bits per heavy atom. The third-order valence-electron chi connectivity index (χ3n) is 3.31. The minimum absolute atomic E-state index is 0. The highest BCUT2D eigenvalue weighted by molar-refractivity contribution is 5.83. The van der Waals surface area contributed by atoms with E-state index in [-0.39, 0.29) is 6.15 Å². The molecular formula is C18H19N. The van der Waals surface area contributed by atoms with Crippen molar-refractivity contribution < 1.29 is 0 Å². The van der Waals surface area contributed by atoms with Gasteiger partial charge in [0.2, 0.25) is 0 Å². The number of fused-ring (bicyclic) bond motifs is 1. The molecule has 1 nitrogen and oxygen atoms in total. The maximum absolute atomic E-state index is 2.29. The largest absolute Gasteiger partial charge is 0.344 e. The van der Waals surface area contributed by atoms with E-state index in [0.29, 0.717) is 0 Å². The smallest absolute Gasteiger partial charge is 0.00256 e. The first kappa shape index (κ1) is 13.3. The van der Waals surface area contributed by atoms with Crippen LogP contribution in [0.1, 0.15) is 16.7 Å². The normalized spacial score (nSPS) is 10.2. The zero-order chi connectivity index (χ0) is 12.4. The van der Waals surface area contributed by atoms with E-state index in [2.05, 4.69) is 73.7 Å². The highest BCUT2D eigenvalue weighted by Gasteiger charge is 1.98. The van der Waals surface area contributed by atoms with Gasteiger partial charge in [-0.3, -0.25) is 0 Å². The molecule has 19 heavy (non-hydrogen) atoms. The standard InChI is InChI=1S/C18H16.H3N/c1-14-7-9-18-13-16(8-10-17(18)11-14)12-15-5-3-2-4-6-15;/h2-11,13H,12H2,1H3;1H3. The van der Waals surface area contributed by atoms with Crippen LogP contribution < -0.4 is 6.15 Å². The van der Waals surface area contributed by atoms with E-state index in [0.717, 1.165) is 6.42 Å².